The fourth-order valence-electron chi connectivity index (χ4n) is 3.40. The van der Waals surface area contributed by atoms with E-state index in [-0.39, 0.29) is 11.5 Å². The molecule has 3 heterocycles. The van der Waals surface area contributed by atoms with Crippen molar-refractivity contribution in [3.8, 4) is 0 Å². The molecule has 0 aliphatic heterocycles. The minimum absolute atomic E-state index is 0.208. The summed E-state index contributed by atoms with van der Waals surface area (Å²) in [6.45, 7) is 4.62. The molecule has 3 aromatic heterocycles. The number of nitrogens with one attached hydrogen (secondary N) is 1. The zero-order valence-corrected chi connectivity index (χ0v) is 17.0. The van der Waals surface area contributed by atoms with Gasteiger partial charge in [-0.25, -0.2) is 0 Å². The Labute approximate surface area is 174 Å². The summed E-state index contributed by atoms with van der Waals surface area (Å²) in [7, 11) is 0. The van der Waals surface area contributed by atoms with E-state index in [1.165, 1.54) is 5.56 Å². The van der Waals surface area contributed by atoms with Crippen molar-refractivity contribution in [3.63, 3.8) is 0 Å². The molecule has 0 bridgehead atoms. The molecular formula is C24H23N3O3. The summed E-state index contributed by atoms with van der Waals surface area (Å²) in [6.07, 6.45) is 4.25. The Kier molecular flexibility index (Phi) is 5.48. The lowest BCUT2D eigenvalue weighted by Gasteiger charge is -2.10. The number of aromatic nitrogens is 2. The lowest BCUT2D eigenvalue weighted by molar-refractivity contribution is 0.0950. The third-order valence-electron chi connectivity index (χ3n) is 5.18. The molecule has 0 radical (unpaired) electrons. The van der Waals surface area contributed by atoms with Crippen LogP contribution in [0.4, 0.5) is 0 Å². The van der Waals surface area contributed by atoms with Gasteiger partial charge in [0.15, 0.2) is 0 Å². The number of pyridine rings is 2. The largest absolute Gasteiger partial charge is 0.467 e. The van der Waals surface area contributed by atoms with Gasteiger partial charge in [-0.05, 0) is 48.7 Å². The molecular weight excluding hydrogens is 378 g/mol. The number of nitrogens with zero attached hydrogens (tertiary/aromatic N) is 2. The zero-order chi connectivity index (χ0) is 21.1. The number of amides is 1. The van der Waals surface area contributed by atoms with Crippen LogP contribution in [0.1, 0.15) is 39.9 Å². The minimum atomic E-state index is -0.248. The quantitative estimate of drug-likeness (QED) is 0.533. The molecule has 4 rings (SSSR count). The Morgan fingerprint density at radius 3 is 2.60 bits per heavy atom. The SMILES string of the molecule is CCc1ccc(CNC(=O)c2cc3c(=O)n(Cc4ccco4)ccc3nc2C)cc1. The Balaban J connectivity index is 1.59. The van der Waals surface area contributed by atoms with Gasteiger partial charge in [-0.1, -0.05) is 31.2 Å². The topological polar surface area (TPSA) is 77.1 Å². The highest BCUT2D eigenvalue weighted by Crippen LogP contribution is 2.15. The van der Waals surface area contributed by atoms with E-state index in [4.69, 9.17) is 4.42 Å². The van der Waals surface area contributed by atoms with Crippen molar-refractivity contribution in [2.24, 2.45) is 0 Å². The van der Waals surface area contributed by atoms with Gasteiger partial charge in [0.2, 0.25) is 0 Å². The predicted molar refractivity (Wildman–Crippen MR) is 116 cm³/mol. The van der Waals surface area contributed by atoms with E-state index >= 15 is 0 Å². The summed E-state index contributed by atoms with van der Waals surface area (Å²) >= 11 is 0. The van der Waals surface area contributed by atoms with Gasteiger partial charge in [0, 0.05) is 12.7 Å². The van der Waals surface area contributed by atoms with Crippen molar-refractivity contribution < 1.29 is 9.21 Å². The molecule has 1 N–H and O–H groups in total. The second kappa shape index (κ2) is 8.37. The van der Waals surface area contributed by atoms with Crippen LogP contribution >= 0.6 is 0 Å². The number of fused-ring (bicyclic) bond motifs is 1. The number of carbonyl (C=O) groups is 1. The average Bonchev–Trinajstić information content (AvgIpc) is 3.27. The average molecular weight is 401 g/mol. The normalized spacial score (nSPS) is 11.0. The number of hydrogen-bond acceptors (Lipinski definition) is 4. The summed E-state index contributed by atoms with van der Waals surface area (Å²) < 4.78 is 6.89. The summed E-state index contributed by atoms with van der Waals surface area (Å²) in [5.74, 6) is 0.436. The molecule has 1 amide bonds. The van der Waals surface area contributed by atoms with Gasteiger partial charge < -0.3 is 14.3 Å². The van der Waals surface area contributed by atoms with Crippen LogP contribution < -0.4 is 10.9 Å². The number of carbonyl (C=O) groups excluding carboxylic acids is 1. The smallest absolute Gasteiger partial charge is 0.260 e. The molecule has 30 heavy (non-hydrogen) atoms. The van der Waals surface area contributed by atoms with Crippen LogP contribution in [0.15, 0.2) is 70.2 Å². The van der Waals surface area contributed by atoms with Crippen LogP contribution in [0.3, 0.4) is 0 Å². The van der Waals surface area contributed by atoms with E-state index in [1.807, 2.05) is 18.2 Å². The first-order valence-corrected chi connectivity index (χ1v) is 9.94. The summed E-state index contributed by atoms with van der Waals surface area (Å²) in [5.41, 5.74) is 3.63. The van der Waals surface area contributed by atoms with E-state index in [9.17, 15) is 9.59 Å². The fraction of sp³-hybridized carbons (Fsp3) is 0.208. The van der Waals surface area contributed by atoms with Crippen molar-refractivity contribution in [3.05, 3.63) is 99.5 Å². The lowest BCUT2D eigenvalue weighted by Crippen LogP contribution is -2.25. The van der Waals surface area contributed by atoms with E-state index in [0.29, 0.717) is 41.0 Å². The molecule has 6 heteroatoms. The third-order valence-corrected chi connectivity index (χ3v) is 5.18. The Morgan fingerprint density at radius 1 is 1.13 bits per heavy atom. The summed E-state index contributed by atoms with van der Waals surface area (Å²) in [4.78, 5) is 30.2. The number of hydrogen-bond donors (Lipinski definition) is 1. The maximum absolute atomic E-state index is 12.9. The van der Waals surface area contributed by atoms with E-state index < -0.39 is 0 Å². The molecule has 0 saturated carbocycles. The van der Waals surface area contributed by atoms with Crippen molar-refractivity contribution in [1.29, 1.82) is 0 Å². The molecule has 152 valence electrons. The highest BCUT2D eigenvalue weighted by Gasteiger charge is 2.14. The minimum Gasteiger partial charge on any atom is -0.467 e. The third kappa shape index (κ3) is 4.03. The van der Waals surface area contributed by atoms with Crippen LogP contribution in [-0.2, 0) is 19.5 Å². The zero-order valence-electron chi connectivity index (χ0n) is 17.0. The summed E-state index contributed by atoms with van der Waals surface area (Å²) in [6, 6.07) is 15.2. The van der Waals surface area contributed by atoms with E-state index in [1.54, 1.807) is 42.1 Å². The Hall–Kier alpha value is -3.67. The second-order valence-corrected chi connectivity index (χ2v) is 7.24. The molecule has 0 fully saturated rings. The van der Waals surface area contributed by atoms with Crippen LogP contribution in [0.5, 0.6) is 0 Å². The maximum Gasteiger partial charge on any atom is 0.260 e. The molecule has 6 nitrogen and oxygen atoms in total. The molecule has 0 saturated heterocycles. The van der Waals surface area contributed by atoms with Gasteiger partial charge in [0.05, 0.1) is 35.0 Å². The Bertz CT molecular complexity index is 1240. The lowest BCUT2D eigenvalue weighted by atomic mass is 10.1. The molecule has 0 atom stereocenters. The fourth-order valence-corrected chi connectivity index (χ4v) is 3.40. The van der Waals surface area contributed by atoms with Crippen molar-refractivity contribution in [2.75, 3.05) is 0 Å². The van der Waals surface area contributed by atoms with Crippen molar-refractivity contribution >= 4 is 16.8 Å². The number of rotatable bonds is 6. The standard InChI is InChI=1S/C24H23N3O3/c1-3-17-6-8-18(9-7-17)14-25-23(28)20-13-21-22(26-16(20)2)10-11-27(24(21)29)15-19-5-4-12-30-19/h4-13H,3,14-15H2,1-2H3,(H,25,28). The van der Waals surface area contributed by atoms with Crippen molar-refractivity contribution in [2.45, 2.75) is 33.4 Å². The molecule has 4 aromatic rings. The van der Waals surface area contributed by atoms with Gasteiger partial charge in [-0.15, -0.1) is 0 Å². The van der Waals surface area contributed by atoms with Crippen LogP contribution in [-0.4, -0.2) is 15.5 Å². The number of furan rings is 1. The summed E-state index contributed by atoms with van der Waals surface area (Å²) in [5, 5.41) is 3.34. The van der Waals surface area contributed by atoms with Gasteiger partial charge >= 0.3 is 0 Å². The maximum atomic E-state index is 12.9. The highest BCUT2D eigenvalue weighted by atomic mass is 16.3. The van der Waals surface area contributed by atoms with E-state index in [0.717, 1.165) is 12.0 Å². The molecule has 0 aliphatic rings. The number of benzene rings is 1. The van der Waals surface area contributed by atoms with Gasteiger partial charge in [0.25, 0.3) is 11.5 Å². The number of aryl methyl sites for hydroxylation is 2. The highest BCUT2D eigenvalue weighted by molar-refractivity contribution is 5.98. The van der Waals surface area contributed by atoms with Gasteiger partial charge in [0.1, 0.15) is 5.76 Å². The van der Waals surface area contributed by atoms with Crippen molar-refractivity contribution in [1.82, 2.24) is 14.9 Å². The molecule has 0 aliphatic carbocycles. The van der Waals surface area contributed by atoms with Crippen LogP contribution in [0.25, 0.3) is 10.9 Å². The first-order valence-electron chi connectivity index (χ1n) is 9.94. The first-order chi connectivity index (χ1) is 14.5. The van der Waals surface area contributed by atoms with Crippen LogP contribution in [0.2, 0.25) is 0 Å². The second-order valence-electron chi connectivity index (χ2n) is 7.24. The first kappa shape index (κ1) is 19.6. The molecule has 0 unspecified atom stereocenters. The van der Waals surface area contributed by atoms with Crippen LogP contribution in [0, 0.1) is 6.92 Å². The Morgan fingerprint density at radius 2 is 1.90 bits per heavy atom. The van der Waals surface area contributed by atoms with E-state index in [2.05, 4.69) is 29.4 Å². The predicted octanol–water partition coefficient (Wildman–Crippen LogP) is 3.84. The van der Waals surface area contributed by atoms with Gasteiger partial charge in [-0.3, -0.25) is 14.6 Å². The molecule has 0 spiro atoms. The van der Waals surface area contributed by atoms with Gasteiger partial charge in [-0.2, -0.15) is 0 Å². The molecule has 1 aromatic carbocycles. The monoisotopic (exact) mass is 401 g/mol.